The molecule has 3 rings (SSSR count). The molecule has 1 heterocycles. The van der Waals surface area contributed by atoms with E-state index in [0.29, 0.717) is 11.7 Å². The van der Waals surface area contributed by atoms with Crippen molar-refractivity contribution in [2.75, 3.05) is 11.9 Å². The molecule has 0 unspecified atom stereocenters. The highest BCUT2D eigenvalue weighted by Gasteiger charge is 2.38. The summed E-state index contributed by atoms with van der Waals surface area (Å²) in [6, 6.07) is 15.5. The Hall–Kier alpha value is -2.86. The van der Waals surface area contributed by atoms with Gasteiger partial charge < -0.3 is 5.32 Å². The number of rotatable bonds is 7. The van der Waals surface area contributed by atoms with Crippen molar-refractivity contribution >= 4 is 40.1 Å². The first-order chi connectivity index (χ1) is 14.0. The van der Waals surface area contributed by atoms with Crippen LogP contribution in [-0.4, -0.2) is 33.7 Å². The lowest BCUT2D eigenvalue weighted by Crippen LogP contribution is -2.33. The van der Waals surface area contributed by atoms with Gasteiger partial charge in [-0.1, -0.05) is 55.1 Å². The van der Waals surface area contributed by atoms with Crippen molar-refractivity contribution in [3.63, 3.8) is 0 Å². The molecule has 2 amide bonds. The molecule has 29 heavy (non-hydrogen) atoms. The first-order valence-corrected chi connectivity index (χ1v) is 10.5. The minimum Gasteiger partial charge on any atom is -0.326 e. The number of aliphatic imine (C=N–C) groups is 1. The van der Waals surface area contributed by atoms with E-state index < -0.39 is 5.25 Å². The van der Waals surface area contributed by atoms with Crippen molar-refractivity contribution in [3.05, 3.63) is 72.3 Å². The molecule has 5 nitrogen and oxygen atoms in total. The molecule has 6 heteroatoms. The largest absolute Gasteiger partial charge is 0.326 e. The third kappa shape index (κ3) is 5.15. The second-order valence-electron chi connectivity index (χ2n) is 6.83. The molecule has 1 aliphatic rings. The highest BCUT2D eigenvalue weighted by atomic mass is 32.2. The molecule has 150 valence electrons. The van der Waals surface area contributed by atoms with E-state index in [-0.39, 0.29) is 18.2 Å². The van der Waals surface area contributed by atoms with E-state index in [2.05, 4.69) is 29.9 Å². The van der Waals surface area contributed by atoms with E-state index in [1.54, 1.807) is 11.0 Å². The Kier molecular flexibility index (Phi) is 6.88. The van der Waals surface area contributed by atoms with E-state index in [9.17, 15) is 9.59 Å². The zero-order chi connectivity index (χ0) is 20.8. The van der Waals surface area contributed by atoms with Gasteiger partial charge in [-0.15, -0.1) is 6.58 Å². The third-order valence-electron chi connectivity index (χ3n) is 4.67. The minimum absolute atomic E-state index is 0.0967. The summed E-state index contributed by atoms with van der Waals surface area (Å²) in [4.78, 5) is 31.7. The quantitative estimate of drug-likeness (QED) is 0.677. The SMILES string of the molecule is C=CCN1C(=O)[C@H](CC(=O)Nc2ccccc2C)SC1=Nc1cccc(CC)c1. The molecule has 0 aromatic heterocycles. The zero-order valence-electron chi connectivity index (χ0n) is 16.7. The van der Waals surface area contributed by atoms with Crippen LogP contribution in [-0.2, 0) is 16.0 Å². The molecule has 2 aromatic carbocycles. The van der Waals surface area contributed by atoms with Gasteiger partial charge in [0.05, 0.1) is 5.69 Å². The maximum atomic E-state index is 12.9. The predicted molar refractivity (Wildman–Crippen MR) is 121 cm³/mol. The highest BCUT2D eigenvalue weighted by molar-refractivity contribution is 8.15. The van der Waals surface area contributed by atoms with E-state index >= 15 is 0 Å². The summed E-state index contributed by atoms with van der Waals surface area (Å²) in [5.74, 6) is -0.293. The Labute approximate surface area is 175 Å². The van der Waals surface area contributed by atoms with Crippen LogP contribution in [0.2, 0.25) is 0 Å². The first kappa shape index (κ1) is 20.9. The lowest BCUT2D eigenvalue weighted by Gasteiger charge is -2.14. The molecule has 0 aliphatic carbocycles. The fourth-order valence-corrected chi connectivity index (χ4v) is 4.23. The van der Waals surface area contributed by atoms with Crippen LogP contribution in [0.1, 0.15) is 24.5 Å². The summed E-state index contributed by atoms with van der Waals surface area (Å²) in [7, 11) is 0. The van der Waals surface area contributed by atoms with Crippen LogP contribution in [0.4, 0.5) is 11.4 Å². The van der Waals surface area contributed by atoms with Gasteiger partial charge in [0, 0.05) is 18.7 Å². The summed E-state index contributed by atoms with van der Waals surface area (Å²) in [6.45, 7) is 8.14. The molecular weight excluding hydrogens is 382 g/mol. The molecule has 0 bridgehead atoms. The fraction of sp³-hybridized carbons (Fsp3) is 0.261. The van der Waals surface area contributed by atoms with Crippen LogP contribution in [0.3, 0.4) is 0 Å². The molecular formula is C23H25N3O2S. The number of nitrogens with zero attached hydrogens (tertiary/aromatic N) is 2. The smallest absolute Gasteiger partial charge is 0.242 e. The van der Waals surface area contributed by atoms with E-state index in [1.165, 1.54) is 17.3 Å². The van der Waals surface area contributed by atoms with E-state index in [1.807, 2.05) is 49.4 Å². The van der Waals surface area contributed by atoms with Gasteiger partial charge in [-0.25, -0.2) is 4.99 Å². The molecule has 1 saturated heterocycles. The number of carbonyl (C=O) groups is 2. The monoisotopic (exact) mass is 407 g/mol. The van der Waals surface area contributed by atoms with Crippen molar-refractivity contribution in [3.8, 4) is 0 Å². The van der Waals surface area contributed by atoms with Gasteiger partial charge in [-0.2, -0.15) is 0 Å². The van der Waals surface area contributed by atoms with Crippen LogP contribution >= 0.6 is 11.8 Å². The number of carbonyl (C=O) groups excluding carboxylic acids is 2. The number of amides is 2. The number of benzene rings is 2. The molecule has 1 atom stereocenters. The van der Waals surface area contributed by atoms with Crippen molar-refractivity contribution < 1.29 is 9.59 Å². The minimum atomic E-state index is -0.493. The molecule has 2 aromatic rings. The second kappa shape index (κ2) is 9.56. The van der Waals surface area contributed by atoms with Crippen LogP contribution in [0.5, 0.6) is 0 Å². The Bertz CT molecular complexity index is 955. The van der Waals surface area contributed by atoms with Crippen LogP contribution in [0.15, 0.2) is 66.2 Å². The molecule has 0 radical (unpaired) electrons. The standard InChI is InChI=1S/C23H25N3O2S/c1-4-13-26-22(28)20(15-21(27)25-19-12-7-6-9-16(19)3)29-23(26)24-18-11-8-10-17(5-2)14-18/h4,6-12,14,20H,1,5,13,15H2,2-3H3,(H,25,27)/t20-/m0/s1. The van der Waals surface area contributed by atoms with Gasteiger partial charge in [-0.3, -0.25) is 14.5 Å². The van der Waals surface area contributed by atoms with Crippen LogP contribution in [0.25, 0.3) is 0 Å². The lowest BCUT2D eigenvalue weighted by atomic mass is 10.1. The summed E-state index contributed by atoms with van der Waals surface area (Å²) >= 11 is 1.34. The van der Waals surface area contributed by atoms with Crippen LogP contribution in [0, 0.1) is 6.92 Å². The zero-order valence-corrected chi connectivity index (χ0v) is 17.5. The van der Waals surface area contributed by atoms with Gasteiger partial charge in [0.2, 0.25) is 11.8 Å². The third-order valence-corrected chi connectivity index (χ3v) is 5.84. The van der Waals surface area contributed by atoms with Gasteiger partial charge in [0.1, 0.15) is 5.25 Å². The normalized spacial score (nSPS) is 17.6. The predicted octanol–water partition coefficient (Wildman–Crippen LogP) is 4.70. The Morgan fingerprint density at radius 3 is 2.79 bits per heavy atom. The van der Waals surface area contributed by atoms with E-state index in [0.717, 1.165) is 23.4 Å². The number of hydrogen-bond acceptors (Lipinski definition) is 4. The number of nitrogens with one attached hydrogen (secondary N) is 1. The number of para-hydroxylation sites is 1. The Morgan fingerprint density at radius 2 is 2.07 bits per heavy atom. The molecule has 1 N–H and O–H groups in total. The molecule has 1 fully saturated rings. The summed E-state index contributed by atoms with van der Waals surface area (Å²) in [5.41, 5.74) is 3.74. The number of hydrogen-bond donors (Lipinski definition) is 1. The average Bonchev–Trinajstić information content (AvgIpc) is 2.99. The van der Waals surface area contributed by atoms with Gasteiger partial charge in [-0.05, 0) is 42.7 Å². The summed E-state index contributed by atoms with van der Waals surface area (Å²) < 4.78 is 0. The maximum Gasteiger partial charge on any atom is 0.242 e. The fourth-order valence-electron chi connectivity index (χ4n) is 3.06. The van der Waals surface area contributed by atoms with Crippen molar-refractivity contribution in [2.24, 2.45) is 4.99 Å². The van der Waals surface area contributed by atoms with Gasteiger partial charge in [0.25, 0.3) is 0 Å². The first-order valence-electron chi connectivity index (χ1n) is 9.64. The lowest BCUT2D eigenvalue weighted by molar-refractivity contribution is -0.127. The second-order valence-corrected chi connectivity index (χ2v) is 8.00. The molecule has 0 spiro atoms. The summed E-state index contributed by atoms with van der Waals surface area (Å²) in [5, 5.41) is 3.02. The average molecular weight is 408 g/mol. The van der Waals surface area contributed by atoms with Crippen LogP contribution < -0.4 is 5.32 Å². The van der Waals surface area contributed by atoms with Crippen molar-refractivity contribution in [1.29, 1.82) is 0 Å². The van der Waals surface area contributed by atoms with Gasteiger partial charge in [0.15, 0.2) is 5.17 Å². The molecule has 1 aliphatic heterocycles. The topological polar surface area (TPSA) is 61.8 Å². The number of anilines is 1. The number of amidine groups is 1. The maximum absolute atomic E-state index is 12.9. The van der Waals surface area contributed by atoms with Gasteiger partial charge >= 0.3 is 0 Å². The Balaban J connectivity index is 1.76. The summed E-state index contributed by atoms with van der Waals surface area (Å²) in [6.07, 6.45) is 2.69. The van der Waals surface area contributed by atoms with Crippen molar-refractivity contribution in [1.82, 2.24) is 4.90 Å². The highest BCUT2D eigenvalue weighted by Crippen LogP contribution is 2.32. The molecule has 0 saturated carbocycles. The Morgan fingerprint density at radius 1 is 1.28 bits per heavy atom. The van der Waals surface area contributed by atoms with E-state index in [4.69, 9.17) is 0 Å². The number of thioether (sulfide) groups is 1. The van der Waals surface area contributed by atoms with Crippen molar-refractivity contribution in [2.45, 2.75) is 31.9 Å². The number of aryl methyl sites for hydroxylation is 2.